The lowest BCUT2D eigenvalue weighted by atomic mass is 9.81. The van der Waals surface area contributed by atoms with E-state index in [1.54, 1.807) is 40.1 Å². The Kier molecular flexibility index (Phi) is 8.98. The monoisotopic (exact) mass is 810 g/mol. The molecule has 0 saturated carbocycles. The molecule has 1 N–H and O–H groups in total. The Balaban J connectivity index is 1.04. The summed E-state index contributed by atoms with van der Waals surface area (Å²) in [6.07, 6.45) is 10.4. The SMILES string of the molecule is C[C@@]12C=C[C@H]3CC[C@@H](C(=O)O)N3C(=O)C1N(C(=O)[C@@H]1CC[C@H]3C=C[C@]4(CCCN4C(=O)C(Cc4ccccc4Cl)=Nc4ccc([N+](=O)[O-])c5nonc45)C(=O)N31)CC2. The number of aliphatic imine (C=N–C) groups is 1. The van der Waals surface area contributed by atoms with Crippen molar-refractivity contribution in [2.75, 3.05) is 13.1 Å². The number of amides is 4. The minimum Gasteiger partial charge on any atom is -0.480 e. The van der Waals surface area contributed by atoms with Crippen molar-refractivity contribution in [1.29, 1.82) is 0 Å². The summed E-state index contributed by atoms with van der Waals surface area (Å²) in [4.78, 5) is 93.0. The lowest BCUT2D eigenvalue weighted by Gasteiger charge is -2.44. The fourth-order valence-electron chi connectivity index (χ4n) is 10.1. The number of hydrogen-bond acceptors (Lipinski definition) is 11. The number of hydrogen-bond donors (Lipinski definition) is 1. The molecule has 18 heteroatoms. The molecule has 58 heavy (non-hydrogen) atoms. The molecule has 0 bridgehead atoms. The minimum absolute atomic E-state index is 0.0129. The van der Waals surface area contributed by atoms with Crippen LogP contribution in [0.3, 0.4) is 0 Å². The molecule has 1 aromatic heterocycles. The molecule has 300 valence electrons. The van der Waals surface area contributed by atoms with Gasteiger partial charge in [-0.05, 0) is 73.0 Å². The van der Waals surface area contributed by atoms with E-state index >= 15 is 4.79 Å². The number of aliphatic carboxylic acids is 1. The van der Waals surface area contributed by atoms with Crippen LogP contribution in [-0.2, 0) is 30.4 Å². The Bertz CT molecular complexity index is 2400. The highest BCUT2D eigenvalue weighted by molar-refractivity contribution is 6.41. The van der Waals surface area contributed by atoms with Crippen LogP contribution in [0.4, 0.5) is 11.4 Å². The van der Waals surface area contributed by atoms with E-state index in [0.29, 0.717) is 49.1 Å². The second kappa shape index (κ2) is 13.9. The lowest BCUT2D eigenvalue weighted by Crippen LogP contribution is -2.65. The number of nitro benzene ring substituents is 1. The van der Waals surface area contributed by atoms with Gasteiger partial charge < -0.3 is 24.7 Å². The number of carbonyl (C=O) groups excluding carboxylic acids is 4. The third-order valence-corrected chi connectivity index (χ3v) is 13.3. The molecule has 7 heterocycles. The van der Waals surface area contributed by atoms with Gasteiger partial charge in [-0.1, -0.05) is 61.0 Å². The van der Waals surface area contributed by atoms with Crippen LogP contribution in [-0.4, -0.2) is 124 Å². The first-order chi connectivity index (χ1) is 27.8. The number of carbonyl (C=O) groups is 5. The number of nitrogens with zero attached hydrogens (tertiary/aromatic N) is 8. The van der Waals surface area contributed by atoms with Gasteiger partial charge in [0.1, 0.15) is 29.4 Å². The van der Waals surface area contributed by atoms with E-state index in [-0.39, 0.29) is 66.0 Å². The number of aromatic nitrogens is 2. The van der Waals surface area contributed by atoms with Crippen LogP contribution < -0.4 is 0 Å². The molecule has 4 saturated heterocycles. The summed E-state index contributed by atoms with van der Waals surface area (Å²) >= 11 is 6.56. The van der Waals surface area contributed by atoms with Crippen molar-refractivity contribution in [1.82, 2.24) is 29.9 Å². The summed E-state index contributed by atoms with van der Waals surface area (Å²) in [6, 6.07) is 5.89. The van der Waals surface area contributed by atoms with Gasteiger partial charge in [-0.25, -0.2) is 14.4 Å². The van der Waals surface area contributed by atoms with E-state index in [9.17, 15) is 34.4 Å². The molecule has 9 rings (SSSR count). The van der Waals surface area contributed by atoms with E-state index < -0.39 is 63.7 Å². The molecule has 6 aliphatic rings. The van der Waals surface area contributed by atoms with Crippen molar-refractivity contribution in [3.05, 3.63) is 81.4 Å². The topological polar surface area (TPSA) is 213 Å². The second-order valence-electron chi connectivity index (χ2n) is 16.2. The molecule has 2 aromatic carbocycles. The molecule has 0 aliphatic carbocycles. The van der Waals surface area contributed by atoms with Crippen LogP contribution in [0, 0.1) is 15.5 Å². The van der Waals surface area contributed by atoms with Crippen LogP contribution in [0.25, 0.3) is 11.0 Å². The normalized spacial score (nSPS) is 30.3. The second-order valence-corrected chi connectivity index (χ2v) is 16.6. The smallest absolute Gasteiger partial charge is 0.326 e. The Hall–Kier alpha value is -5.97. The highest BCUT2D eigenvalue weighted by Crippen LogP contribution is 2.46. The Labute approximate surface area is 336 Å². The zero-order chi connectivity index (χ0) is 40.7. The standard InChI is InChI=1S/C40H39ClN8O9/c1-39-16-13-23-8-11-30(37(53)54)47(23)36(52)33(39)45(20-18-39)35(51)29-10-7-24-14-17-40(38(55)48(24)29)15-4-19-46(40)34(50)27(21-22-5-2-3-6-25(22)41)42-26-9-12-28(49(56)57)32-31(26)43-58-44-32/h2-3,5-6,9,12-14,16-17,23-24,29-30,33H,4,7-8,10-11,15,18-21H2,1H3,(H,53,54)/t23-,24+,29+,30+,33?,39+,40-/m1/s1. The van der Waals surface area contributed by atoms with E-state index in [4.69, 9.17) is 21.2 Å². The molecular weight excluding hydrogens is 772 g/mol. The Morgan fingerprint density at radius 2 is 1.69 bits per heavy atom. The predicted molar refractivity (Wildman–Crippen MR) is 206 cm³/mol. The van der Waals surface area contributed by atoms with Crippen LogP contribution in [0.2, 0.25) is 5.02 Å². The number of fused-ring (bicyclic) bond motifs is 4. The third kappa shape index (κ3) is 5.72. The molecule has 1 spiro atoms. The van der Waals surface area contributed by atoms with Crippen molar-refractivity contribution in [2.24, 2.45) is 10.4 Å². The molecule has 6 aliphatic heterocycles. The maximum Gasteiger partial charge on any atom is 0.326 e. The number of carboxylic acids is 1. The minimum atomic E-state index is -1.45. The summed E-state index contributed by atoms with van der Waals surface area (Å²) in [5.74, 6) is -2.82. The number of nitro groups is 1. The van der Waals surface area contributed by atoms with Gasteiger partial charge in [0.05, 0.1) is 22.7 Å². The molecular formula is C40H39ClN8O9. The van der Waals surface area contributed by atoms with Crippen molar-refractivity contribution in [3.8, 4) is 0 Å². The molecule has 4 amide bonds. The zero-order valence-corrected chi connectivity index (χ0v) is 32.2. The fourth-order valence-corrected chi connectivity index (χ4v) is 10.3. The van der Waals surface area contributed by atoms with Gasteiger partial charge in [0.2, 0.25) is 17.3 Å². The average Bonchev–Trinajstić information content (AvgIpc) is 4.04. The molecule has 3 aromatic rings. The van der Waals surface area contributed by atoms with Gasteiger partial charge in [-0.2, -0.15) is 0 Å². The van der Waals surface area contributed by atoms with E-state index in [1.807, 2.05) is 25.2 Å². The van der Waals surface area contributed by atoms with Crippen LogP contribution in [0.5, 0.6) is 0 Å². The molecule has 0 radical (unpaired) electrons. The first-order valence-corrected chi connectivity index (χ1v) is 19.8. The van der Waals surface area contributed by atoms with Crippen molar-refractivity contribution >= 4 is 69.3 Å². The van der Waals surface area contributed by atoms with Crippen molar-refractivity contribution in [3.63, 3.8) is 0 Å². The number of rotatable bonds is 7. The summed E-state index contributed by atoms with van der Waals surface area (Å²) in [5, 5.41) is 29.6. The molecule has 4 fully saturated rings. The lowest BCUT2D eigenvalue weighted by molar-refractivity contribution is -0.383. The van der Waals surface area contributed by atoms with Crippen molar-refractivity contribution < 1.29 is 38.6 Å². The maximum atomic E-state index is 15.0. The number of non-ortho nitro benzene ring substituents is 1. The van der Waals surface area contributed by atoms with Gasteiger partial charge in [0.15, 0.2) is 5.52 Å². The number of carboxylic acid groups (broad SMARTS) is 1. The molecule has 7 atom stereocenters. The summed E-state index contributed by atoms with van der Waals surface area (Å²) in [5.41, 5.74) is -2.02. The molecule has 17 nitrogen and oxygen atoms in total. The summed E-state index contributed by atoms with van der Waals surface area (Å²) in [7, 11) is 0. The highest BCUT2D eigenvalue weighted by atomic mass is 35.5. The van der Waals surface area contributed by atoms with Gasteiger partial charge in [0.25, 0.3) is 11.8 Å². The third-order valence-electron chi connectivity index (χ3n) is 13.0. The average molecular weight is 811 g/mol. The number of halogens is 1. The molecule has 1 unspecified atom stereocenters. The maximum absolute atomic E-state index is 15.0. The predicted octanol–water partition coefficient (Wildman–Crippen LogP) is 4.01. The summed E-state index contributed by atoms with van der Waals surface area (Å²) < 4.78 is 4.84. The van der Waals surface area contributed by atoms with Gasteiger partial charge >= 0.3 is 11.7 Å². The van der Waals surface area contributed by atoms with Crippen LogP contribution in [0.15, 0.2) is 70.3 Å². The fraction of sp³-hybridized carbons (Fsp3) is 0.450. The quantitative estimate of drug-likeness (QED) is 0.156. The van der Waals surface area contributed by atoms with E-state index in [1.165, 1.54) is 21.9 Å². The first-order valence-electron chi connectivity index (χ1n) is 19.4. The van der Waals surface area contributed by atoms with Gasteiger partial charge in [-0.15, -0.1) is 0 Å². The number of benzene rings is 2. The van der Waals surface area contributed by atoms with E-state index in [0.717, 1.165) is 0 Å². The van der Waals surface area contributed by atoms with Gasteiger partial charge in [0, 0.05) is 36.0 Å². The van der Waals surface area contributed by atoms with Crippen molar-refractivity contribution in [2.45, 2.75) is 94.0 Å². The summed E-state index contributed by atoms with van der Waals surface area (Å²) in [6.45, 7) is 2.38. The highest BCUT2D eigenvalue weighted by Gasteiger charge is 2.60. The first kappa shape index (κ1) is 37.6. The van der Waals surface area contributed by atoms with Crippen LogP contribution in [0.1, 0.15) is 57.4 Å². The van der Waals surface area contributed by atoms with Gasteiger partial charge in [-0.3, -0.25) is 29.3 Å². The van der Waals surface area contributed by atoms with Crippen LogP contribution >= 0.6 is 11.6 Å². The largest absolute Gasteiger partial charge is 0.480 e. The number of likely N-dealkylation sites (tertiary alicyclic amines) is 2. The Morgan fingerprint density at radius 3 is 2.45 bits per heavy atom. The van der Waals surface area contributed by atoms with E-state index in [2.05, 4.69) is 10.3 Å². The Morgan fingerprint density at radius 1 is 0.966 bits per heavy atom. The zero-order valence-electron chi connectivity index (χ0n) is 31.4.